The second-order valence-electron chi connectivity index (χ2n) is 5.00. The second-order valence-corrected chi connectivity index (χ2v) is 5.94. The van der Waals surface area contributed by atoms with Crippen molar-refractivity contribution in [2.75, 3.05) is 6.54 Å². The van der Waals surface area contributed by atoms with Crippen LogP contribution in [0.15, 0.2) is 29.6 Å². The molecular formula is C16H20FN3OS. The molecule has 0 aliphatic heterocycles. The van der Waals surface area contributed by atoms with Crippen molar-refractivity contribution in [3.63, 3.8) is 0 Å². The topological polar surface area (TPSA) is 59.2 Å². The molecule has 0 saturated carbocycles. The first-order valence-electron chi connectivity index (χ1n) is 7.32. The molecule has 0 unspecified atom stereocenters. The Balaban J connectivity index is 2.18. The second kappa shape index (κ2) is 8.00. The fourth-order valence-corrected chi connectivity index (χ4v) is 2.75. The summed E-state index contributed by atoms with van der Waals surface area (Å²) in [5.41, 5.74) is 6.44. The van der Waals surface area contributed by atoms with Crippen LogP contribution in [-0.2, 0) is 13.1 Å². The van der Waals surface area contributed by atoms with Crippen molar-refractivity contribution in [2.24, 2.45) is 5.73 Å². The molecule has 0 saturated heterocycles. The molecule has 0 aliphatic rings. The average molecular weight is 321 g/mol. The van der Waals surface area contributed by atoms with Crippen LogP contribution in [0.3, 0.4) is 0 Å². The van der Waals surface area contributed by atoms with E-state index < -0.39 is 0 Å². The molecule has 1 aromatic heterocycles. The van der Waals surface area contributed by atoms with Gasteiger partial charge in [-0.05, 0) is 12.5 Å². The fourth-order valence-electron chi connectivity index (χ4n) is 2.10. The third-order valence-corrected chi connectivity index (χ3v) is 4.20. The van der Waals surface area contributed by atoms with Crippen LogP contribution in [0.5, 0.6) is 0 Å². The number of carbonyl (C=O) groups is 1. The standard InChI is InChI=1S/C16H20FN3OS/c1-2-3-8-20(10-12-6-4-5-7-13(12)17)16(21)14-11-22-15(9-18)19-14/h4-7,11H,2-3,8-10,18H2,1H3. The van der Waals surface area contributed by atoms with Crippen molar-refractivity contribution >= 4 is 17.2 Å². The van der Waals surface area contributed by atoms with Crippen molar-refractivity contribution < 1.29 is 9.18 Å². The molecule has 22 heavy (non-hydrogen) atoms. The first kappa shape index (κ1) is 16.6. The van der Waals surface area contributed by atoms with Crippen molar-refractivity contribution in [1.82, 2.24) is 9.88 Å². The van der Waals surface area contributed by atoms with Gasteiger partial charge in [0.2, 0.25) is 0 Å². The number of amides is 1. The zero-order valence-corrected chi connectivity index (χ0v) is 13.4. The summed E-state index contributed by atoms with van der Waals surface area (Å²) in [6.07, 6.45) is 1.83. The van der Waals surface area contributed by atoms with E-state index in [4.69, 9.17) is 5.73 Å². The van der Waals surface area contributed by atoms with Gasteiger partial charge in [0.1, 0.15) is 16.5 Å². The largest absolute Gasteiger partial charge is 0.333 e. The van der Waals surface area contributed by atoms with Gasteiger partial charge >= 0.3 is 0 Å². The molecule has 2 N–H and O–H groups in total. The van der Waals surface area contributed by atoms with Crippen LogP contribution in [0.2, 0.25) is 0 Å². The highest BCUT2D eigenvalue weighted by atomic mass is 32.1. The van der Waals surface area contributed by atoms with Gasteiger partial charge in [-0.3, -0.25) is 4.79 Å². The van der Waals surface area contributed by atoms with Crippen LogP contribution in [0.1, 0.15) is 40.8 Å². The normalized spacial score (nSPS) is 10.7. The lowest BCUT2D eigenvalue weighted by Crippen LogP contribution is -2.32. The molecular weight excluding hydrogens is 301 g/mol. The summed E-state index contributed by atoms with van der Waals surface area (Å²) in [5, 5.41) is 2.44. The van der Waals surface area contributed by atoms with Gasteiger partial charge in [-0.2, -0.15) is 0 Å². The summed E-state index contributed by atoms with van der Waals surface area (Å²) in [5.74, 6) is -0.467. The van der Waals surface area contributed by atoms with E-state index in [1.54, 1.807) is 28.5 Å². The highest BCUT2D eigenvalue weighted by molar-refractivity contribution is 7.09. The van der Waals surface area contributed by atoms with Gasteiger partial charge in [0.15, 0.2) is 0 Å². The first-order valence-corrected chi connectivity index (χ1v) is 8.20. The number of hydrogen-bond donors (Lipinski definition) is 1. The first-order chi connectivity index (χ1) is 10.7. The van der Waals surface area contributed by atoms with E-state index in [2.05, 4.69) is 11.9 Å². The van der Waals surface area contributed by atoms with Gasteiger partial charge < -0.3 is 10.6 Å². The summed E-state index contributed by atoms with van der Waals surface area (Å²) < 4.78 is 13.8. The van der Waals surface area contributed by atoms with Crippen LogP contribution in [-0.4, -0.2) is 22.3 Å². The minimum atomic E-state index is -0.294. The molecule has 1 amide bonds. The minimum absolute atomic E-state index is 0.173. The van der Waals surface area contributed by atoms with E-state index in [1.165, 1.54) is 17.4 Å². The van der Waals surface area contributed by atoms with Gasteiger partial charge in [-0.15, -0.1) is 11.3 Å². The number of aromatic nitrogens is 1. The summed E-state index contributed by atoms with van der Waals surface area (Å²) in [6.45, 7) is 3.21. The van der Waals surface area contributed by atoms with Gasteiger partial charge in [0.25, 0.3) is 5.91 Å². The number of nitrogens with zero attached hydrogens (tertiary/aromatic N) is 2. The Morgan fingerprint density at radius 3 is 2.82 bits per heavy atom. The smallest absolute Gasteiger partial charge is 0.273 e. The molecule has 0 bridgehead atoms. The Hall–Kier alpha value is -1.79. The Morgan fingerprint density at radius 1 is 1.41 bits per heavy atom. The maximum Gasteiger partial charge on any atom is 0.273 e. The maximum absolute atomic E-state index is 13.8. The lowest BCUT2D eigenvalue weighted by atomic mass is 10.2. The summed E-state index contributed by atoms with van der Waals surface area (Å²) >= 11 is 1.37. The monoisotopic (exact) mass is 321 g/mol. The molecule has 4 nitrogen and oxygen atoms in total. The van der Waals surface area contributed by atoms with Crippen molar-refractivity contribution in [2.45, 2.75) is 32.9 Å². The Morgan fingerprint density at radius 2 is 2.18 bits per heavy atom. The fraction of sp³-hybridized carbons (Fsp3) is 0.375. The molecule has 2 aromatic rings. The summed E-state index contributed by atoms with van der Waals surface area (Å²) in [4.78, 5) is 18.5. The number of carbonyl (C=O) groups excluding carboxylic acids is 1. The average Bonchev–Trinajstić information content (AvgIpc) is 3.01. The van der Waals surface area contributed by atoms with E-state index in [1.807, 2.05) is 0 Å². The third-order valence-electron chi connectivity index (χ3n) is 3.33. The van der Waals surface area contributed by atoms with Crippen LogP contribution >= 0.6 is 11.3 Å². The van der Waals surface area contributed by atoms with Crippen LogP contribution < -0.4 is 5.73 Å². The molecule has 6 heteroatoms. The molecule has 118 valence electrons. The van der Waals surface area contributed by atoms with Gasteiger partial charge in [0.05, 0.1) is 0 Å². The molecule has 1 aromatic carbocycles. The molecule has 0 atom stereocenters. The number of rotatable bonds is 7. The molecule has 0 radical (unpaired) electrons. The molecule has 0 spiro atoms. The van der Waals surface area contributed by atoms with E-state index in [-0.39, 0.29) is 18.3 Å². The molecule has 1 heterocycles. The third kappa shape index (κ3) is 4.11. The van der Waals surface area contributed by atoms with Gasteiger partial charge in [-0.1, -0.05) is 31.5 Å². The Bertz CT molecular complexity index is 629. The van der Waals surface area contributed by atoms with Crippen LogP contribution in [0.4, 0.5) is 4.39 Å². The minimum Gasteiger partial charge on any atom is -0.333 e. The van der Waals surface area contributed by atoms with Gasteiger partial charge in [-0.25, -0.2) is 9.37 Å². The molecule has 2 rings (SSSR count). The van der Waals surface area contributed by atoms with E-state index in [9.17, 15) is 9.18 Å². The maximum atomic E-state index is 13.8. The van der Waals surface area contributed by atoms with Crippen molar-refractivity contribution in [3.05, 3.63) is 51.7 Å². The van der Waals surface area contributed by atoms with E-state index in [0.29, 0.717) is 24.3 Å². The Kier molecular flexibility index (Phi) is 6.03. The van der Waals surface area contributed by atoms with Crippen LogP contribution in [0.25, 0.3) is 0 Å². The number of thiazole rings is 1. The van der Waals surface area contributed by atoms with Crippen molar-refractivity contribution in [3.8, 4) is 0 Å². The number of benzene rings is 1. The van der Waals surface area contributed by atoms with E-state index in [0.717, 1.165) is 17.8 Å². The zero-order valence-electron chi connectivity index (χ0n) is 12.6. The number of nitrogens with two attached hydrogens (primary N) is 1. The quantitative estimate of drug-likeness (QED) is 0.852. The molecule has 0 fully saturated rings. The van der Waals surface area contributed by atoms with E-state index >= 15 is 0 Å². The van der Waals surface area contributed by atoms with Gasteiger partial charge in [0, 0.05) is 30.6 Å². The highest BCUT2D eigenvalue weighted by Gasteiger charge is 2.19. The van der Waals surface area contributed by atoms with Crippen LogP contribution in [0, 0.1) is 5.82 Å². The number of halogens is 1. The molecule has 0 aliphatic carbocycles. The number of unbranched alkanes of at least 4 members (excludes halogenated alkanes) is 1. The predicted molar refractivity (Wildman–Crippen MR) is 86.1 cm³/mol. The van der Waals surface area contributed by atoms with Crippen molar-refractivity contribution in [1.29, 1.82) is 0 Å². The number of hydrogen-bond acceptors (Lipinski definition) is 4. The highest BCUT2D eigenvalue weighted by Crippen LogP contribution is 2.16. The Labute approximate surface area is 133 Å². The lowest BCUT2D eigenvalue weighted by molar-refractivity contribution is 0.0734. The predicted octanol–water partition coefficient (Wildman–Crippen LogP) is 3.18. The SMILES string of the molecule is CCCCN(Cc1ccccc1F)C(=O)c1csc(CN)n1. The summed E-state index contributed by atoms with van der Waals surface area (Å²) in [7, 11) is 0. The lowest BCUT2D eigenvalue weighted by Gasteiger charge is -2.22. The zero-order chi connectivity index (χ0) is 15.9. The summed E-state index contributed by atoms with van der Waals surface area (Å²) in [6, 6.07) is 6.53.